The van der Waals surface area contributed by atoms with Gasteiger partial charge in [0.2, 0.25) is 0 Å². The molecule has 2 atom stereocenters. The van der Waals surface area contributed by atoms with Crippen molar-refractivity contribution in [3.05, 3.63) is 71.4 Å². The topological polar surface area (TPSA) is 85.2 Å². The highest BCUT2D eigenvalue weighted by Gasteiger charge is 2.43. The third kappa shape index (κ3) is 4.53. The number of para-hydroxylation sites is 1. The minimum atomic E-state index is -0.693. The molecular weight excluding hydrogens is 394 g/mol. The number of phenols is 1. The SMILES string of the molecule is CC1=NC2=C(C(=O)CCC2)[C@H](c2ccc(O)cc2)C1C(=O)OCCOc1ccccc1. The third-order valence-electron chi connectivity index (χ3n) is 5.68. The van der Waals surface area contributed by atoms with Crippen LogP contribution in [0.15, 0.2) is 70.9 Å². The summed E-state index contributed by atoms with van der Waals surface area (Å²) in [5.41, 5.74) is 2.80. The minimum Gasteiger partial charge on any atom is -0.508 e. The van der Waals surface area contributed by atoms with E-state index in [4.69, 9.17) is 9.47 Å². The van der Waals surface area contributed by atoms with E-state index in [9.17, 15) is 14.7 Å². The second-order valence-electron chi connectivity index (χ2n) is 7.77. The predicted octanol–water partition coefficient (Wildman–Crippen LogP) is 4.20. The van der Waals surface area contributed by atoms with Crippen LogP contribution in [0.2, 0.25) is 0 Å². The number of carbonyl (C=O) groups excluding carboxylic acids is 2. The fourth-order valence-electron chi connectivity index (χ4n) is 4.26. The van der Waals surface area contributed by atoms with Crippen LogP contribution in [0.1, 0.15) is 37.7 Å². The van der Waals surface area contributed by atoms with Crippen molar-refractivity contribution >= 4 is 17.5 Å². The van der Waals surface area contributed by atoms with Crippen LogP contribution in [-0.4, -0.2) is 35.8 Å². The van der Waals surface area contributed by atoms with E-state index in [0.29, 0.717) is 23.5 Å². The van der Waals surface area contributed by atoms with E-state index in [2.05, 4.69) is 4.99 Å². The van der Waals surface area contributed by atoms with Crippen LogP contribution in [0, 0.1) is 5.92 Å². The minimum absolute atomic E-state index is 0.0285. The maximum absolute atomic E-state index is 13.1. The van der Waals surface area contributed by atoms with Gasteiger partial charge in [-0.25, -0.2) is 0 Å². The summed E-state index contributed by atoms with van der Waals surface area (Å²) in [4.78, 5) is 30.6. The van der Waals surface area contributed by atoms with Crippen LogP contribution in [0.4, 0.5) is 0 Å². The van der Waals surface area contributed by atoms with Gasteiger partial charge < -0.3 is 14.6 Å². The Morgan fingerprint density at radius 3 is 2.55 bits per heavy atom. The Labute approximate surface area is 181 Å². The van der Waals surface area contributed by atoms with Gasteiger partial charge >= 0.3 is 5.97 Å². The quantitative estimate of drug-likeness (QED) is 0.560. The van der Waals surface area contributed by atoms with Gasteiger partial charge in [0.05, 0.1) is 0 Å². The molecule has 1 heterocycles. The first-order valence-electron chi connectivity index (χ1n) is 10.5. The number of ketones is 1. The van der Waals surface area contributed by atoms with Crippen molar-refractivity contribution < 1.29 is 24.2 Å². The summed E-state index contributed by atoms with van der Waals surface area (Å²) in [6, 6.07) is 16.0. The van der Waals surface area contributed by atoms with Crippen LogP contribution in [-0.2, 0) is 14.3 Å². The average molecular weight is 419 g/mol. The van der Waals surface area contributed by atoms with Crippen LogP contribution < -0.4 is 4.74 Å². The van der Waals surface area contributed by atoms with Crippen molar-refractivity contribution in [1.82, 2.24) is 0 Å². The highest BCUT2D eigenvalue weighted by atomic mass is 16.6. The normalized spacial score (nSPS) is 20.7. The average Bonchev–Trinajstić information content (AvgIpc) is 2.77. The zero-order valence-corrected chi connectivity index (χ0v) is 17.4. The molecule has 2 aromatic carbocycles. The van der Waals surface area contributed by atoms with E-state index in [1.54, 1.807) is 24.3 Å². The number of benzene rings is 2. The molecule has 1 N–H and O–H groups in total. The molecule has 2 aliphatic rings. The van der Waals surface area contributed by atoms with Crippen molar-refractivity contribution in [3.63, 3.8) is 0 Å². The van der Waals surface area contributed by atoms with Gasteiger partial charge in [-0.2, -0.15) is 0 Å². The lowest BCUT2D eigenvalue weighted by molar-refractivity contribution is -0.147. The van der Waals surface area contributed by atoms with Crippen LogP contribution in [0.25, 0.3) is 0 Å². The van der Waals surface area contributed by atoms with E-state index in [1.165, 1.54) is 0 Å². The number of esters is 1. The number of hydrogen-bond acceptors (Lipinski definition) is 6. The molecule has 1 aliphatic carbocycles. The number of rotatable bonds is 6. The summed E-state index contributed by atoms with van der Waals surface area (Å²) in [5, 5.41) is 9.70. The molecule has 0 spiro atoms. The molecule has 1 unspecified atom stereocenters. The van der Waals surface area contributed by atoms with Gasteiger partial charge in [0.15, 0.2) is 5.78 Å². The van der Waals surface area contributed by atoms with Crippen LogP contribution >= 0.6 is 0 Å². The summed E-state index contributed by atoms with van der Waals surface area (Å²) < 4.78 is 11.1. The molecule has 160 valence electrons. The molecule has 4 rings (SSSR count). The number of aliphatic imine (C=N–C) groups is 1. The molecule has 6 heteroatoms. The molecule has 0 amide bonds. The third-order valence-corrected chi connectivity index (χ3v) is 5.68. The Morgan fingerprint density at radius 2 is 1.81 bits per heavy atom. The molecule has 0 aromatic heterocycles. The lowest BCUT2D eigenvalue weighted by atomic mass is 9.72. The molecule has 1 aliphatic heterocycles. The van der Waals surface area contributed by atoms with Gasteiger partial charge in [-0.3, -0.25) is 14.6 Å². The Hall–Kier alpha value is -3.41. The molecule has 0 bridgehead atoms. The van der Waals surface area contributed by atoms with Gasteiger partial charge in [0.1, 0.15) is 30.6 Å². The lowest BCUT2D eigenvalue weighted by Gasteiger charge is -2.34. The summed E-state index contributed by atoms with van der Waals surface area (Å²) in [7, 11) is 0. The smallest absolute Gasteiger partial charge is 0.315 e. The maximum Gasteiger partial charge on any atom is 0.315 e. The number of aromatic hydroxyl groups is 1. The summed E-state index contributed by atoms with van der Waals surface area (Å²) >= 11 is 0. The van der Waals surface area contributed by atoms with Gasteiger partial charge in [0, 0.05) is 29.3 Å². The molecule has 0 saturated carbocycles. The fourth-order valence-corrected chi connectivity index (χ4v) is 4.26. The predicted molar refractivity (Wildman–Crippen MR) is 116 cm³/mol. The number of carbonyl (C=O) groups is 2. The number of phenolic OH excluding ortho intramolecular Hbond substituents is 1. The molecule has 0 radical (unpaired) electrons. The summed E-state index contributed by atoms with van der Waals surface area (Å²) in [5.74, 6) is -0.725. The highest BCUT2D eigenvalue weighted by Crippen LogP contribution is 2.43. The van der Waals surface area contributed by atoms with Gasteiger partial charge in [0.25, 0.3) is 0 Å². The molecule has 31 heavy (non-hydrogen) atoms. The van der Waals surface area contributed by atoms with E-state index in [0.717, 1.165) is 24.1 Å². The van der Waals surface area contributed by atoms with E-state index >= 15 is 0 Å². The van der Waals surface area contributed by atoms with E-state index < -0.39 is 17.8 Å². The largest absolute Gasteiger partial charge is 0.508 e. The number of ether oxygens (including phenoxy) is 2. The first-order chi connectivity index (χ1) is 15.0. The monoisotopic (exact) mass is 419 g/mol. The second-order valence-corrected chi connectivity index (χ2v) is 7.77. The molecular formula is C25H25NO5. The molecule has 0 saturated heterocycles. The maximum atomic E-state index is 13.1. The number of hydrogen-bond donors (Lipinski definition) is 1. The molecule has 0 fully saturated rings. The summed E-state index contributed by atoms with van der Waals surface area (Å²) in [6.07, 6.45) is 1.94. The van der Waals surface area contributed by atoms with Gasteiger partial charge in [-0.15, -0.1) is 0 Å². The number of Topliss-reactive ketones (excluding diaryl/α,β-unsaturated/α-hetero) is 1. The van der Waals surface area contributed by atoms with Crippen molar-refractivity contribution in [3.8, 4) is 11.5 Å². The standard InChI is InChI=1S/C25H25NO5/c1-16-22(25(29)31-15-14-30-19-6-3-2-4-7-19)23(17-10-12-18(27)13-11-17)24-20(26-16)8-5-9-21(24)28/h2-4,6-7,10-13,22-23,27H,5,8-9,14-15H2,1H3/t22?,23-/m1/s1. The summed E-state index contributed by atoms with van der Waals surface area (Å²) in [6.45, 7) is 2.14. The Balaban J connectivity index is 1.54. The van der Waals surface area contributed by atoms with Crippen LogP contribution in [0.3, 0.4) is 0 Å². The zero-order chi connectivity index (χ0) is 21.8. The lowest BCUT2D eigenvalue weighted by Crippen LogP contribution is -2.37. The second kappa shape index (κ2) is 9.16. The Kier molecular flexibility index (Phi) is 6.16. The molecule has 6 nitrogen and oxygen atoms in total. The fraction of sp³-hybridized carbons (Fsp3) is 0.320. The number of allylic oxidation sites excluding steroid dienone is 2. The highest BCUT2D eigenvalue weighted by molar-refractivity contribution is 6.08. The van der Waals surface area contributed by atoms with E-state index in [1.807, 2.05) is 37.3 Å². The van der Waals surface area contributed by atoms with Crippen molar-refractivity contribution in [1.29, 1.82) is 0 Å². The molecule has 2 aromatic rings. The Morgan fingerprint density at radius 1 is 1.06 bits per heavy atom. The first kappa shape index (κ1) is 20.8. The van der Waals surface area contributed by atoms with Gasteiger partial charge in [-0.05, 0) is 49.6 Å². The Bertz CT molecular complexity index is 1020. The van der Waals surface area contributed by atoms with Crippen LogP contribution in [0.5, 0.6) is 11.5 Å². The van der Waals surface area contributed by atoms with Gasteiger partial charge in [-0.1, -0.05) is 30.3 Å². The number of nitrogens with zero attached hydrogens (tertiary/aromatic N) is 1. The van der Waals surface area contributed by atoms with Crippen molar-refractivity contribution in [2.45, 2.75) is 32.1 Å². The zero-order valence-electron chi connectivity index (χ0n) is 17.4. The van der Waals surface area contributed by atoms with Crippen molar-refractivity contribution in [2.75, 3.05) is 13.2 Å². The van der Waals surface area contributed by atoms with E-state index in [-0.39, 0.29) is 24.7 Å². The first-order valence-corrected chi connectivity index (χ1v) is 10.5. The van der Waals surface area contributed by atoms with Crippen molar-refractivity contribution in [2.24, 2.45) is 10.9 Å².